The van der Waals surface area contributed by atoms with E-state index in [1.807, 2.05) is 24.3 Å². The van der Waals surface area contributed by atoms with Crippen molar-refractivity contribution in [1.82, 2.24) is 0 Å². The molecule has 0 unspecified atom stereocenters. The van der Waals surface area contributed by atoms with Gasteiger partial charge in [-0.3, -0.25) is 0 Å². The second-order valence-electron chi connectivity index (χ2n) is 11.2. The monoisotopic (exact) mass is 524 g/mol. The molecule has 0 heterocycles. The van der Waals surface area contributed by atoms with Gasteiger partial charge in [0.05, 0.1) is 12.2 Å². The third-order valence-electron chi connectivity index (χ3n) is 8.06. The Kier molecular flexibility index (Phi) is 13.7. The first-order valence-corrected chi connectivity index (χ1v) is 15.3. The summed E-state index contributed by atoms with van der Waals surface area (Å²) in [7, 11) is 0. The van der Waals surface area contributed by atoms with Gasteiger partial charge in [0.1, 0.15) is 5.75 Å². The van der Waals surface area contributed by atoms with E-state index in [1.165, 1.54) is 101 Å². The van der Waals surface area contributed by atoms with Crippen LogP contribution in [0.2, 0.25) is 0 Å². The molecular formula is C34H49FO3. The molecule has 0 spiro atoms. The Bertz CT molecular complexity index is 931. The first-order chi connectivity index (χ1) is 18.6. The average Bonchev–Trinajstić information content (AvgIpc) is 2.93. The lowest BCUT2D eigenvalue weighted by Gasteiger charge is -2.28. The molecule has 1 aliphatic carbocycles. The Balaban J connectivity index is 1.35. The van der Waals surface area contributed by atoms with Crippen LogP contribution in [-0.4, -0.2) is 12.6 Å². The zero-order chi connectivity index (χ0) is 27.0. The van der Waals surface area contributed by atoms with Crippen molar-refractivity contribution in [1.29, 1.82) is 0 Å². The summed E-state index contributed by atoms with van der Waals surface area (Å²) in [5.41, 5.74) is 1.45. The molecule has 0 amide bonds. The summed E-state index contributed by atoms with van der Waals surface area (Å²) in [6.45, 7) is 5.00. The van der Waals surface area contributed by atoms with E-state index in [0.717, 1.165) is 31.1 Å². The zero-order valence-electron chi connectivity index (χ0n) is 23.8. The molecule has 38 heavy (non-hydrogen) atoms. The van der Waals surface area contributed by atoms with E-state index < -0.39 is 11.8 Å². The fourth-order valence-electron chi connectivity index (χ4n) is 5.64. The Labute approximate surface area is 230 Å². The molecule has 2 aromatic carbocycles. The van der Waals surface area contributed by atoms with E-state index >= 15 is 0 Å². The van der Waals surface area contributed by atoms with E-state index in [9.17, 15) is 9.18 Å². The second-order valence-corrected chi connectivity index (χ2v) is 11.2. The number of benzene rings is 2. The molecule has 3 rings (SSSR count). The lowest BCUT2D eigenvalue weighted by molar-refractivity contribution is 0.0734. The predicted molar refractivity (Wildman–Crippen MR) is 155 cm³/mol. The highest BCUT2D eigenvalue weighted by atomic mass is 19.1. The summed E-state index contributed by atoms with van der Waals surface area (Å²) in [6.07, 6.45) is 20.1. The smallest absolute Gasteiger partial charge is 0.343 e. The van der Waals surface area contributed by atoms with Gasteiger partial charge in [-0.1, -0.05) is 109 Å². The second kappa shape index (κ2) is 17.3. The summed E-state index contributed by atoms with van der Waals surface area (Å²) in [5, 5.41) is 0. The number of halogens is 1. The first kappa shape index (κ1) is 30.2. The minimum atomic E-state index is -0.560. The molecule has 0 saturated heterocycles. The van der Waals surface area contributed by atoms with Gasteiger partial charge in [0.2, 0.25) is 0 Å². The van der Waals surface area contributed by atoms with E-state index in [4.69, 9.17) is 9.47 Å². The largest absolute Gasteiger partial charge is 0.491 e. The van der Waals surface area contributed by atoms with Crippen molar-refractivity contribution in [3.05, 3.63) is 59.4 Å². The standard InChI is InChI=1S/C34H49FO3/c1-3-5-6-7-8-9-10-11-25-37-33-24-21-30(26-32(33)35)34(36)38-31-22-19-29(20-23-31)18-17-28-15-13-27(12-4-2)14-16-28/h19-24,26-28H,3-18,25H2,1-2H3/t27-,28-. The highest BCUT2D eigenvalue weighted by Gasteiger charge is 2.20. The molecule has 3 nitrogen and oxygen atoms in total. The van der Waals surface area contributed by atoms with Crippen LogP contribution >= 0.6 is 0 Å². The number of unbranched alkanes of at least 4 members (excludes halogenated alkanes) is 7. The molecule has 0 radical (unpaired) electrons. The number of rotatable bonds is 17. The lowest BCUT2D eigenvalue weighted by atomic mass is 9.78. The van der Waals surface area contributed by atoms with Crippen LogP contribution in [-0.2, 0) is 6.42 Å². The van der Waals surface area contributed by atoms with Crippen LogP contribution in [0.25, 0.3) is 0 Å². The number of hydrogen-bond acceptors (Lipinski definition) is 3. The van der Waals surface area contributed by atoms with Gasteiger partial charge in [0.15, 0.2) is 11.6 Å². The predicted octanol–water partition coefficient (Wildman–Crippen LogP) is 10.1. The summed E-state index contributed by atoms with van der Waals surface area (Å²) in [6, 6.07) is 12.0. The van der Waals surface area contributed by atoms with Crippen LogP contribution in [0.3, 0.4) is 0 Å². The fraction of sp³-hybridized carbons (Fsp3) is 0.618. The molecule has 4 heteroatoms. The molecule has 0 aliphatic heterocycles. The van der Waals surface area contributed by atoms with Gasteiger partial charge >= 0.3 is 5.97 Å². The highest BCUT2D eigenvalue weighted by molar-refractivity contribution is 5.91. The van der Waals surface area contributed by atoms with Gasteiger partial charge in [-0.25, -0.2) is 9.18 Å². The number of carbonyl (C=O) groups excluding carboxylic acids is 1. The molecule has 0 N–H and O–H groups in total. The van der Waals surface area contributed by atoms with Crippen LogP contribution in [0.5, 0.6) is 11.5 Å². The molecule has 1 fully saturated rings. The van der Waals surface area contributed by atoms with Crippen molar-refractivity contribution < 1.29 is 18.7 Å². The summed E-state index contributed by atoms with van der Waals surface area (Å²) >= 11 is 0. The first-order valence-electron chi connectivity index (χ1n) is 15.3. The van der Waals surface area contributed by atoms with Crippen molar-refractivity contribution in [2.45, 2.75) is 117 Å². The number of hydrogen-bond donors (Lipinski definition) is 0. The van der Waals surface area contributed by atoms with Crippen molar-refractivity contribution in [2.24, 2.45) is 11.8 Å². The Morgan fingerprint density at radius 2 is 1.42 bits per heavy atom. The van der Waals surface area contributed by atoms with Crippen molar-refractivity contribution in [2.75, 3.05) is 6.61 Å². The van der Waals surface area contributed by atoms with Gasteiger partial charge in [-0.05, 0) is 67.0 Å². The molecule has 210 valence electrons. The maximum atomic E-state index is 14.5. The summed E-state index contributed by atoms with van der Waals surface area (Å²) in [4.78, 5) is 12.6. The number of carbonyl (C=O) groups is 1. The minimum Gasteiger partial charge on any atom is -0.491 e. The molecule has 0 atom stereocenters. The fourth-order valence-corrected chi connectivity index (χ4v) is 5.64. The van der Waals surface area contributed by atoms with E-state index in [2.05, 4.69) is 13.8 Å². The average molecular weight is 525 g/mol. The number of esters is 1. The van der Waals surface area contributed by atoms with Gasteiger partial charge in [0.25, 0.3) is 0 Å². The van der Waals surface area contributed by atoms with Crippen LogP contribution in [0.15, 0.2) is 42.5 Å². The quantitative estimate of drug-likeness (QED) is 0.117. The highest BCUT2D eigenvalue weighted by Crippen LogP contribution is 2.34. The molecule has 2 aromatic rings. The van der Waals surface area contributed by atoms with Gasteiger partial charge in [-0.15, -0.1) is 0 Å². The Morgan fingerprint density at radius 1 is 0.789 bits per heavy atom. The molecular weight excluding hydrogens is 475 g/mol. The normalized spacial score (nSPS) is 17.3. The Morgan fingerprint density at radius 3 is 2.05 bits per heavy atom. The maximum Gasteiger partial charge on any atom is 0.343 e. The Hall–Kier alpha value is -2.36. The minimum absolute atomic E-state index is 0.185. The zero-order valence-corrected chi connectivity index (χ0v) is 23.8. The molecule has 1 aliphatic rings. The van der Waals surface area contributed by atoms with Crippen molar-refractivity contribution in [3.63, 3.8) is 0 Å². The SMILES string of the molecule is CCCCCCCCCCOc1ccc(C(=O)Oc2ccc(CC[C@H]3CC[C@H](CCC)CC3)cc2)cc1F. The van der Waals surface area contributed by atoms with Crippen LogP contribution in [0.4, 0.5) is 4.39 Å². The van der Waals surface area contributed by atoms with Crippen LogP contribution < -0.4 is 9.47 Å². The summed E-state index contributed by atoms with van der Waals surface area (Å²) in [5.74, 6) is 1.36. The van der Waals surface area contributed by atoms with E-state index in [1.54, 1.807) is 6.07 Å². The molecule has 0 aromatic heterocycles. The van der Waals surface area contributed by atoms with Gasteiger partial charge in [-0.2, -0.15) is 0 Å². The van der Waals surface area contributed by atoms with Crippen LogP contribution in [0.1, 0.15) is 126 Å². The maximum absolute atomic E-state index is 14.5. The van der Waals surface area contributed by atoms with Gasteiger partial charge < -0.3 is 9.47 Å². The summed E-state index contributed by atoms with van der Waals surface area (Å²) < 4.78 is 25.6. The van der Waals surface area contributed by atoms with E-state index in [0.29, 0.717) is 12.4 Å². The van der Waals surface area contributed by atoms with E-state index in [-0.39, 0.29) is 11.3 Å². The third kappa shape index (κ3) is 10.8. The number of ether oxygens (including phenoxy) is 2. The molecule has 1 saturated carbocycles. The molecule has 0 bridgehead atoms. The topological polar surface area (TPSA) is 35.5 Å². The number of aryl methyl sites for hydroxylation is 1. The lowest BCUT2D eigenvalue weighted by Crippen LogP contribution is -2.15. The van der Waals surface area contributed by atoms with Crippen LogP contribution in [0, 0.1) is 17.7 Å². The van der Waals surface area contributed by atoms with Crippen molar-refractivity contribution in [3.8, 4) is 11.5 Å². The van der Waals surface area contributed by atoms with Crippen molar-refractivity contribution >= 4 is 5.97 Å². The van der Waals surface area contributed by atoms with Gasteiger partial charge in [0, 0.05) is 0 Å². The third-order valence-corrected chi connectivity index (χ3v) is 8.06.